The molecule has 0 aliphatic heterocycles. The van der Waals surface area contributed by atoms with Gasteiger partial charge in [0, 0.05) is 24.5 Å². The first-order chi connectivity index (χ1) is 9.56. The number of halogens is 1. The van der Waals surface area contributed by atoms with E-state index in [1.165, 1.54) is 29.0 Å². The van der Waals surface area contributed by atoms with Crippen LogP contribution in [-0.4, -0.2) is 33.5 Å². The lowest BCUT2D eigenvalue weighted by molar-refractivity contribution is 0.0690. The zero-order chi connectivity index (χ0) is 14.5. The third-order valence-electron chi connectivity index (χ3n) is 2.36. The summed E-state index contributed by atoms with van der Waals surface area (Å²) in [6.07, 6.45) is 1.87. The molecule has 0 fully saturated rings. The molecule has 2 N–H and O–H groups in total. The molecule has 104 valence electrons. The summed E-state index contributed by atoms with van der Waals surface area (Å²) in [4.78, 5) is 30.2. The lowest BCUT2D eigenvalue weighted by Crippen LogP contribution is -2.26. The van der Waals surface area contributed by atoms with Crippen LogP contribution in [0.4, 0.5) is 0 Å². The van der Waals surface area contributed by atoms with E-state index in [2.05, 4.69) is 15.3 Å². The second-order valence-electron chi connectivity index (χ2n) is 3.80. The molecule has 0 aliphatic rings. The fourth-order valence-corrected chi connectivity index (χ4v) is 2.29. The molecule has 2 aromatic heterocycles. The van der Waals surface area contributed by atoms with Gasteiger partial charge in [0.1, 0.15) is 5.69 Å². The Hall–Kier alpha value is -1.99. The summed E-state index contributed by atoms with van der Waals surface area (Å²) >= 11 is 6.93. The molecule has 0 atom stereocenters. The van der Waals surface area contributed by atoms with Crippen LogP contribution in [0.15, 0.2) is 23.7 Å². The predicted octanol–water partition coefficient (Wildman–Crippen LogP) is 1.86. The van der Waals surface area contributed by atoms with Crippen LogP contribution < -0.4 is 5.32 Å². The van der Waals surface area contributed by atoms with Crippen LogP contribution >= 0.6 is 22.9 Å². The first kappa shape index (κ1) is 14.4. The Morgan fingerprint density at radius 3 is 2.75 bits per heavy atom. The summed E-state index contributed by atoms with van der Waals surface area (Å²) < 4.78 is 0. The van der Waals surface area contributed by atoms with Gasteiger partial charge in [-0.05, 0) is 12.1 Å². The fourth-order valence-electron chi connectivity index (χ4n) is 1.41. The molecule has 2 rings (SSSR count). The van der Waals surface area contributed by atoms with Gasteiger partial charge in [0.25, 0.3) is 5.91 Å². The van der Waals surface area contributed by atoms with E-state index in [9.17, 15) is 9.59 Å². The number of rotatable bonds is 5. The zero-order valence-corrected chi connectivity index (χ0v) is 11.7. The zero-order valence-electron chi connectivity index (χ0n) is 10.2. The van der Waals surface area contributed by atoms with E-state index in [-0.39, 0.29) is 17.3 Å². The van der Waals surface area contributed by atoms with Crippen molar-refractivity contribution in [2.75, 3.05) is 6.54 Å². The number of carboxylic acids is 1. The molecular weight excluding hydrogens is 302 g/mol. The molecule has 1 amide bonds. The maximum Gasteiger partial charge on any atom is 0.355 e. The van der Waals surface area contributed by atoms with Crippen molar-refractivity contribution >= 4 is 34.8 Å². The van der Waals surface area contributed by atoms with Crippen molar-refractivity contribution in [3.8, 4) is 0 Å². The van der Waals surface area contributed by atoms with Crippen molar-refractivity contribution in [1.29, 1.82) is 0 Å². The first-order valence-electron chi connectivity index (χ1n) is 5.63. The number of aromatic nitrogens is 2. The van der Waals surface area contributed by atoms with Crippen LogP contribution in [0.3, 0.4) is 0 Å². The molecule has 0 spiro atoms. The van der Waals surface area contributed by atoms with E-state index in [1.54, 1.807) is 6.07 Å². The van der Waals surface area contributed by atoms with Gasteiger partial charge in [-0.1, -0.05) is 11.6 Å². The Balaban J connectivity index is 1.84. The van der Waals surface area contributed by atoms with E-state index < -0.39 is 5.97 Å². The number of aromatic carboxylic acids is 1. The molecule has 6 nitrogen and oxygen atoms in total. The van der Waals surface area contributed by atoms with Gasteiger partial charge in [0.05, 0.1) is 10.0 Å². The average molecular weight is 312 g/mol. The summed E-state index contributed by atoms with van der Waals surface area (Å²) in [5.41, 5.74) is 0.301. The Kier molecular flexibility index (Phi) is 4.65. The largest absolute Gasteiger partial charge is 0.476 e. The molecule has 8 heteroatoms. The van der Waals surface area contributed by atoms with Crippen molar-refractivity contribution in [1.82, 2.24) is 15.3 Å². The van der Waals surface area contributed by atoms with Crippen LogP contribution in [-0.2, 0) is 6.42 Å². The van der Waals surface area contributed by atoms with Gasteiger partial charge in [-0.25, -0.2) is 14.8 Å². The highest BCUT2D eigenvalue weighted by Crippen LogP contribution is 2.10. The number of carbonyl (C=O) groups is 2. The second-order valence-corrected chi connectivity index (χ2v) is 5.18. The number of pyridine rings is 1. The Labute approximate surface area is 123 Å². The van der Waals surface area contributed by atoms with Crippen LogP contribution in [0.5, 0.6) is 0 Å². The molecule has 2 aromatic rings. The minimum absolute atomic E-state index is 0.0238. The molecular formula is C12H10ClN3O3S. The highest BCUT2D eigenvalue weighted by Gasteiger charge is 2.10. The third-order valence-corrected chi connectivity index (χ3v) is 3.49. The SMILES string of the molecule is O=C(O)c1csc(CCNC(=O)c2ccc(Cl)cn2)n1. The average Bonchev–Trinajstić information content (AvgIpc) is 2.88. The van der Waals surface area contributed by atoms with Crippen LogP contribution in [0.25, 0.3) is 0 Å². The smallest absolute Gasteiger partial charge is 0.355 e. The van der Waals surface area contributed by atoms with Gasteiger partial charge >= 0.3 is 5.97 Å². The fraction of sp³-hybridized carbons (Fsp3) is 0.167. The lowest BCUT2D eigenvalue weighted by atomic mass is 10.3. The molecule has 2 heterocycles. The summed E-state index contributed by atoms with van der Waals surface area (Å²) in [5, 5.41) is 14.0. The van der Waals surface area contributed by atoms with E-state index in [4.69, 9.17) is 16.7 Å². The second kappa shape index (κ2) is 6.44. The summed E-state index contributed by atoms with van der Waals surface area (Å²) in [6.45, 7) is 0.357. The Morgan fingerprint density at radius 1 is 1.35 bits per heavy atom. The van der Waals surface area contributed by atoms with Gasteiger partial charge < -0.3 is 10.4 Å². The Morgan fingerprint density at radius 2 is 2.15 bits per heavy atom. The van der Waals surface area contributed by atoms with Gasteiger partial charge in [-0.3, -0.25) is 4.79 Å². The van der Waals surface area contributed by atoms with Crippen molar-refractivity contribution in [2.45, 2.75) is 6.42 Å². The number of nitrogens with zero attached hydrogens (tertiary/aromatic N) is 2. The van der Waals surface area contributed by atoms with Crippen molar-refractivity contribution < 1.29 is 14.7 Å². The van der Waals surface area contributed by atoms with E-state index in [1.807, 2.05) is 0 Å². The maximum atomic E-state index is 11.7. The first-order valence-corrected chi connectivity index (χ1v) is 6.89. The van der Waals surface area contributed by atoms with E-state index in [0.717, 1.165) is 0 Å². The highest BCUT2D eigenvalue weighted by atomic mass is 35.5. The molecule has 0 radical (unpaired) electrons. The number of nitrogens with one attached hydrogen (secondary N) is 1. The summed E-state index contributed by atoms with van der Waals surface area (Å²) in [7, 11) is 0. The standard InChI is InChI=1S/C12H10ClN3O3S/c13-7-1-2-8(15-5-7)11(17)14-4-3-10-16-9(6-20-10)12(18)19/h1-2,5-6H,3-4H2,(H,14,17)(H,18,19). The van der Waals surface area contributed by atoms with Crippen LogP contribution in [0.2, 0.25) is 5.02 Å². The van der Waals surface area contributed by atoms with Gasteiger partial charge in [0.2, 0.25) is 0 Å². The number of hydrogen-bond donors (Lipinski definition) is 2. The molecule has 0 aliphatic carbocycles. The van der Waals surface area contributed by atoms with Crippen LogP contribution in [0, 0.1) is 0 Å². The lowest BCUT2D eigenvalue weighted by Gasteiger charge is -2.03. The quantitative estimate of drug-likeness (QED) is 0.879. The van der Waals surface area contributed by atoms with Gasteiger partial charge in [0.15, 0.2) is 5.69 Å². The number of thiazole rings is 1. The predicted molar refractivity (Wildman–Crippen MR) is 74.4 cm³/mol. The van der Waals surface area contributed by atoms with Crippen molar-refractivity contribution in [3.05, 3.63) is 45.1 Å². The number of carbonyl (C=O) groups excluding carboxylic acids is 1. The maximum absolute atomic E-state index is 11.7. The number of carboxylic acid groups (broad SMARTS) is 1. The normalized spacial score (nSPS) is 10.2. The molecule has 0 unspecified atom stereocenters. The van der Waals surface area contributed by atoms with Crippen molar-refractivity contribution in [2.24, 2.45) is 0 Å². The minimum atomic E-state index is -1.05. The van der Waals surface area contributed by atoms with Gasteiger partial charge in [-0.15, -0.1) is 11.3 Å². The number of amides is 1. The molecule has 20 heavy (non-hydrogen) atoms. The minimum Gasteiger partial charge on any atom is -0.476 e. The summed E-state index contributed by atoms with van der Waals surface area (Å²) in [6, 6.07) is 3.12. The monoisotopic (exact) mass is 311 g/mol. The number of hydrogen-bond acceptors (Lipinski definition) is 5. The third kappa shape index (κ3) is 3.75. The van der Waals surface area contributed by atoms with Crippen LogP contribution in [0.1, 0.15) is 26.0 Å². The van der Waals surface area contributed by atoms with E-state index >= 15 is 0 Å². The molecule has 0 saturated heterocycles. The Bertz CT molecular complexity index is 627. The van der Waals surface area contributed by atoms with E-state index in [0.29, 0.717) is 23.0 Å². The van der Waals surface area contributed by atoms with Gasteiger partial charge in [-0.2, -0.15) is 0 Å². The molecule has 0 saturated carbocycles. The summed E-state index contributed by atoms with van der Waals surface area (Å²) in [5.74, 6) is -1.36. The highest BCUT2D eigenvalue weighted by molar-refractivity contribution is 7.09. The van der Waals surface area contributed by atoms with Crippen molar-refractivity contribution in [3.63, 3.8) is 0 Å². The molecule has 0 bridgehead atoms. The topological polar surface area (TPSA) is 92.2 Å². The molecule has 0 aromatic carbocycles.